The number of likely N-dealkylation sites (tertiary alicyclic amines) is 1. The molecule has 1 saturated heterocycles. The molecular formula is C28H32N2O5. The van der Waals surface area contributed by atoms with E-state index in [9.17, 15) is 19.5 Å². The second kappa shape index (κ2) is 9.94. The number of carboxylic acids is 1. The zero-order valence-corrected chi connectivity index (χ0v) is 20.4. The summed E-state index contributed by atoms with van der Waals surface area (Å²) in [5, 5.41) is 12.4. The predicted molar refractivity (Wildman–Crippen MR) is 133 cm³/mol. The first-order chi connectivity index (χ1) is 16.7. The van der Waals surface area contributed by atoms with Gasteiger partial charge in [0.25, 0.3) is 0 Å². The number of benzene rings is 2. The summed E-state index contributed by atoms with van der Waals surface area (Å²) in [7, 11) is 0. The fourth-order valence-electron chi connectivity index (χ4n) is 5.08. The monoisotopic (exact) mass is 476 g/mol. The maximum Gasteiger partial charge on any atom is 0.407 e. The topological polar surface area (TPSA) is 95.9 Å². The molecule has 0 radical (unpaired) electrons. The van der Waals surface area contributed by atoms with Crippen LogP contribution in [-0.2, 0) is 14.3 Å². The molecule has 184 valence electrons. The van der Waals surface area contributed by atoms with E-state index in [-0.39, 0.29) is 18.9 Å². The largest absolute Gasteiger partial charge is 0.480 e. The van der Waals surface area contributed by atoms with Crippen LogP contribution >= 0.6 is 0 Å². The van der Waals surface area contributed by atoms with E-state index in [2.05, 4.69) is 17.4 Å². The van der Waals surface area contributed by atoms with Gasteiger partial charge in [0, 0.05) is 12.5 Å². The molecule has 1 aliphatic carbocycles. The maximum atomic E-state index is 13.4. The van der Waals surface area contributed by atoms with Crippen LogP contribution in [0.4, 0.5) is 4.79 Å². The third-order valence-electron chi connectivity index (χ3n) is 7.06. The molecule has 0 bridgehead atoms. The number of nitrogens with one attached hydrogen (secondary N) is 1. The summed E-state index contributed by atoms with van der Waals surface area (Å²) in [5.74, 6) is -1.53. The lowest BCUT2D eigenvalue weighted by molar-refractivity contribution is -0.156. The Morgan fingerprint density at radius 2 is 1.71 bits per heavy atom. The zero-order chi connectivity index (χ0) is 25.2. The number of hydrogen-bond donors (Lipinski definition) is 2. The molecule has 1 aliphatic heterocycles. The van der Waals surface area contributed by atoms with E-state index in [0.29, 0.717) is 19.4 Å². The van der Waals surface area contributed by atoms with Gasteiger partial charge in [0.1, 0.15) is 18.2 Å². The van der Waals surface area contributed by atoms with Crippen LogP contribution in [0.25, 0.3) is 11.1 Å². The molecule has 2 N–H and O–H groups in total. The molecule has 4 rings (SSSR count). The van der Waals surface area contributed by atoms with E-state index < -0.39 is 29.6 Å². The quantitative estimate of drug-likeness (QED) is 0.564. The van der Waals surface area contributed by atoms with Crippen LogP contribution in [0.1, 0.15) is 57.1 Å². The minimum absolute atomic E-state index is 0.0889. The van der Waals surface area contributed by atoms with Gasteiger partial charge in [0.15, 0.2) is 0 Å². The van der Waals surface area contributed by atoms with E-state index in [0.717, 1.165) is 27.8 Å². The minimum atomic E-state index is -1.27. The Balaban J connectivity index is 1.48. The Labute approximate surface area is 205 Å². The van der Waals surface area contributed by atoms with Gasteiger partial charge in [-0.1, -0.05) is 60.2 Å². The number of fused-ring (bicyclic) bond motifs is 3. The summed E-state index contributed by atoms with van der Waals surface area (Å²) in [6.07, 6.45) is 2.42. The lowest BCUT2D eigenvalue weighted by Crippen LogP contribution is -2.57. The van der Waals surface area contributed by atoms with Gasteiger partial charge in [0.2, 0.25) is 5.91 Å². The van der Waals surface area contributed by atoms with Gasteiger partial charge in [-0.2, -0.15) is 0 Å². The number of carbonyl (C=O) groups is 3. The number of carbonyl (C=O) groups excluding carboxylic acids is 2. The minimum Gasteiger partial charge on any atom is -0.480 e. The van der Waals surface area contributed by atoms with Gasteiger partial charge in [-0.3, -0.25) is 4.79 Å². The van der Waals surface area contributed by atoms with E-state index in [1.165, 1.54) is 4.90 Å². The fraction of sp³-hybridized carbons (Fsp3) is 0.393. The molecule has 2 amide bonds. The fourth-order valence-corrected chi connectivity index (χ4v) is 5.08. The Hall–Kier alpha value is -3.61. The number of hydrogen-bond acceptors (Lipinski definition) is 4. The molecular weight excluding hydrogens is 444 g/mol. The number of ether oxygens (including phenoxy) is 1. The molecule has 0 spiro atoms. The van der Waals surface area contributed by atoms with E-state index in [4.69, 9.17) is 4.74 Å². The second-order valence-electron chi connectivity index (χ2n) is 9.71. The zero-order valence-electron chi connectivity index (χ0n) is 20.4. The number of amides is 2. The second-order valence-corrected chi connectivity index (χ2v) is 9.71. The van der Waals surface area contributed by atoms with Crippen molar-refractivity contribution >= 4 is 18.0 Å². The van der Waals surface area contributed by atoms with Crippen LogP contribution in [0.2, 0.25) is 0 Å². The highest BCUT2D eigenvalue weighted by Crippen LogP contribution is 2.44. The average Bonchev–Trinajstić information content (AvgIpc) is 3.39. The Kier molecular flexibility index (Phi) is 6.96. The van der Waals surface area contributed by atoms with E-state index in [1.807, 2.05) is 56.3 Å². The highest BCUT2D eigenvalue weighted by molar-refractivity contribution is 5.92. The van der Waals surface area contributed by atoms with Crippen LogP contribution in [-0.4, -0.2) is 52.7 Å². The first-order valence-electron chi connectivity index (χ1n) is 12.0. The van der Waals surface area contributed by atoms with Crippen molar-refractivity contribution in [2.24, 2.45) is 0 Å². The molecule has 2 unspecified atom stereocenters. The van der Waals surface area contributed by atoms with Gasteiger partial charge < -0.3 is 20.1 Å². The number of allylic oxidation sites excluding steroid dienone is 1. The Morgan fingerprint density at radius 1 is 1.11 bits per heavy atom. The van der Waals surface area contributed by atoms with Crippen molar-refractivity contribution in [1.29, 1.82) is 0 Å². The van der Waals surface area contributed by atoms with Gasteiger partial charge in [-0.05, 0) is 62.3 Å². The van der Waals surface area contributed by atoms with Crippen LogP contribution in [0.5, 0.6) is 0 Å². The average molecular weight is 477 g/mol. The molecule has 1 heterocycles. The first kappa shape index (κ1) is 24.5. The molecule has 2 aromatic carbocycles. The summed E-state index contributed by atoms with van der Waals surface area (Å²) in [5.41, 5.74) is 4.20. The third kappa shape index (κ3) is 4.81. The maximum absolute atomic E-state index is 13.4. The summed E-state index contributed by atoms with van der Waals surface area (Å²) < 4.78 is 5.63. The van der Waals surface area contributed by atoms with Gasteiger partial charge in [-0.25, -0.2) is 9.59 Å². The van der Waals surface area contributed by atoms with Crippen molar-refractivity contribution in [3.05, 3.63) is 71.3 Å². The van der Waals surface area contributed by atoms with E-state index in [1.54, 1.807) is 6.92 Å². The Bertz CT molecular complexity index is 1120. The van der Waals surface area contributed by atoms with Crippen molar-refractivity contribution in [3.63, 3.8) is 0 Å². The number of nitrogens with zero attached hydrogens (tertiary/aromatic N) is 1. The van der Waals surface area contributed by atoms with Crippen molar-refractivity contribution in [1.82, 2.24) is 10.2 Å². The molecule has 0 aromatic heterocycles. The summed E-state index contributed by atoms with van der Waals surface area (Å²) in [6, 6.07) is 15.3. The normalized spacial score (nSPS) is 19.5. The highest BCUT2D eigenvalue weighted by Gasteiger charge is 2.47. The summed E-state index contributed by atoms with van der Waals surface area (Å²) in [4.78, 5) is 39.5. The molecule has 2 aromatic rings. The molecule has 0 saturated carbocycles. The third-order valence-corrected chi connectivity index (χ3v) is 7.06. The highest BCUT2D eigenvalue weighted by atomic mass is 16.5. The lowest BCUT2D eigenvalue weighted by Gasteiger charge is -2.34. The van der Waals surface area contributed by atoms with Crippen LogP contribution in [0, 0.1) is 0 Å². The molecule has 7 heteroatoms. The number of aliphatic carboxylic acids is 1. The van der Waals surface area contributed by atoms with Crippen molar-refractivity contribution in [2.75, 3.05) is 13.2 Å². The molecule has 35 heavy (non-hydrogen) atoms. The summed E-state index contributed by atoms with van der Waals surface area (Å²) >= 11 is 0. The van der Waals surface area contributed by atoms with Crippen molar-refractivity contribution < 1.29 is 24.2 Å². The SMILES string of the molecule is CC(C)=CCC(NC(=O)OCC1c2ccccc2-c2ccccc21)C(=O)N1CCCC1(C)C(=O)O. The number of alkyl carbamates (subject to hydrolysis) is 1. The molecule has 1 fully saturated rings. The van der Waals surface area contributed by atoms with Gasteiger partial charge >= 0.3 is 12.1 Å². The molecule has 7 nitrogen and oxygen atoms in total. The van der Waals surface area contributed by atoms with Gasteiger partial charge in [0.05, 0.1) is 0 Å². The predicted octanol–water partition coefficient (Wildman–Crippen LogP) is 4.72. The van der Waals surface area contributed by atoms with Crippen LogP contribution in [0.15, 0.2) is 60.2 Å². The van der Waals surface area contributed by atoms with Gasteiger partial charge in [-0.15, -0.1) is 0 Å². The van der Waals surface area contributed by atoms with Crippen LogP contribution in [0.3, 0.4) is 0 Å². The standard InChI is InChI=1S/C28H32N2O5/c1-18(2)13-14-24(25(31)30-16-8-15-28(30,3)26(32)33)29-27(34)35-17-23-21-11-6-4-9-19(21)20-10-5-7-12-22(20)23/h4-7,9-13,23-24H,8,14-17H2,1-3H3,(H,29,34)(H,32,33). The lowest BCUT2D eigenvalue weighted by atomic mass is 9.98. The summed E-state index contributed by atoms with van der Waals surface area (Å²) in [6.45, 7) is 5.86. The Morgan fingerprint density at radius 3 is 2.29 bits per heavy atom. The number of carboxylic acid groups (broad SMARTS) is 1. The molecule has 2 aliphatic rings. The smallest absolute Gasteiger partial charge is 0.407 e. The van der Waals surface area contributed by atoms with Crippen molar-refractivity contribution in [2.45, 2.75) is 57.5 Å². The van der Waals surface area contributed by atoms with Crippen molar-refractivity contribution in [3.8, 4) is 11.1 Å². The first-order valence-corrected chi connectivity index (χ1v) is 12.0. The van der Waals surface area contributed by atoms with E-state index >= 15 is 0 Å². The number of rotatable bonds is 7. The molecule has 2 atom stereocenters. The van der Waals surface area contributed by atoms with Crippen LogP contribution < -0.4 is 5.32 Å².